The molecule has 1 aromatic heterocycles. The predicted molar refractivity (Wildman–Crippen MR) is 81.8 cm³/mol. The first-order chi connectivity index (χ1) is 10.1. The molecule has 0 spiro atoms. The summed E-state index contributed by atoms with van der Waals surface area (Å²) in [4.78, 5) is 16.2. The van der Waals surface area contributed by atoms with E-state index in [0.717, 1.165) is 0 Å². The number of rotatable bonds is 5. The van der Waals surface area contributed by atoms with Gasteiger partial charge in [0.2, 0.25) is 0 Å². The number of Topliss-reactive ketones (excluding diaryl/α,β-unsaturated/α-hetero) is 1. The summed E-state index contributed by atoms with van der Waals surface area (Å²) in [7, 11) is 2.98. The molecule has 0 N–H and O–H groups in total. The maximum absolute atomic E-state index is 12.4. The second-order valence-electron chi connectivity index (χ2n) is 4.26. The minimum atomic E-state index is -0.119. The normalized spacial score (nSPS) is 10.3. The van der Waals surface area contributed by atoms with Gasteiger partial charge in [0.25, 0.3) is 0 Å². The SMILES string of the molecule is COc1cc(C(=O)Cc2ccncc2Cl)cc(Cl)c1OC. The van der Waals surface area contributed by atoms with Gasteiger partial charge in [-0.15, -0.1) is 0 Å². The number of pyridine rings is 1. The fraction of sp³-hybridized carbons (Fsp3) is 0.200. The zero-order chi connectivity index (χ0) is 15.4. The number of ether oxygens (including phenoxy) is 2. The number of hydrogen-bond acceptors (Lipinski definition) is 4. The van der Waals surface area contributed by atoms with Crippen LogP contribution in [0.25, 0.3) is 0 Å². The van der Waals surface area contributed by atoms with E-state index in [2.05, 4.69) is 4.98 Å². The number of benzene rings is 1. The van der Waals surface area contributed by atoms with Crippen molar-refractivity contribution < 1.29 is 14.3 Å². The third-order valence-electron chi connectivity index (χ3n) is 2.96. The zero-order valence-electron chi connectivity index (χ0n) is 11.5. The molecule has 0 aliphatic carbocycles. The minimum absolute atomic E-state index is 0.119. The van der Waals surface area contributed by atoms with E-state index in [1.807, 2.05) is 0 Å². The first-order valence-corrected chi connectivity index (χ1v) is 6.85. The number of hydrogen-bond donors (Lipinski definition) is 0. The summed E-state index contributed by atoms with van der Waals surface area (Å²) in [6.45, 7) is 0. The van der Waals surface area contributed by atoms with E-state index in [1.165, 1.54) is 20.4 Å². The van der Waals surface area contributed by atoms with Crippen molar-refractivity contribution in [3.05, 3.63) is 51.8 Å². The predicted octanol–water partition coefficient (Wildman–Crippen LogP) is 3.83. The van der Waals surface area contributed by atoms with Crippen LogP contribution in [-0.4, -0.2) is 25.0 Å². The van der Waals surface area contributed by atoms with Gasteiger partial charge in [0.15, 0.2) is 17.3 Å². The van der Waals surface area contributed by atoms with Crippen LogP contribution in [0.3, 0.4) is 0 Å². The molecule has 0 fully saturated rings. The first kappa shape index (κ1) is 15.6. The molecule has 4 nitrogen and oxygen atoms in total. The number of methoxy groups -OCH3 is 2. The van der Waals surface area contributed by atoms with Crippen molar-refractivity contribution >= 4 is 29.0 Å². The fourth-order valence-electron chi connectivity index (χ4n) is 1.90. The molecule has 110 valence electrons. The standard InChI is InChI=1S/C15H13Cl2NO3/c1-20-14-7-10(5-11(16)15(14)21-2)13(19)6-9-3-4-18-8-12(9)17/h3-5,7-8H,6H2,1-2H3. The van der Waals surface area contributed by atoms with Crippen molar-refractivity contribution in [2.24, 2.45) is 0 Å². The van der Waals surface area contributed by atoms with E-state index < -0.39 is 0 Å². The van der Waals surface area contributed by atoms with Crippen molar-refractivity contribution in [3.63, 3.8) is 0 Å². The van der Waals surface area contributed by atoms with Crippen LogP contribution in [0.1, 0.15) is 15.9 Å². The number of aromatic nitrogens is 1. The Labute approximate surface area is 132 Å². The summed E-state index contributed by atoms with van der Waals surface area (Å²) >= 11 is 12.1. The largest absolute Gasteiger partial charge is 0.493 e. The highest BCUT2D eigenvalue weighted by Gasteiger charge is 2.16. The topological polar surface area (TPSA) is 48.4 Å². The number of ketones is 1. The van der Waals surface area contributed by atoms with Crippen LogP contribution >= 0.6 is 23.2 Å². The molecule has 0 saturated carbocycles. The molecule has 0 unspecified atom stereocenters. The van der Waals surface area contributed by atoms with Gasteiger partial charge in [0.1, 0.15) is 0 Å². The lowest BCUT2D eigenvalue weighted by Crippen LogP contribution is -2.05. The van der Waals surface area contributed by atoms with Crippen molar-refractivity contribution in [1.82, 2.24) is 4.98 Å². The molecule has 1 heterocycles. The lowest BCUT2D eigenvalue weighted by atomic mass is 10.0. The van der Waals surface area contributed by atoms with Gasteiger partial charge in [-0.25, -0.2) is 0 Å². The van der Waals surface area contributed by atoms with Gasteiger partial charge in [-0.3, -0.25) is 9.78 Å². The van der Waals surface area contributed by atoms with Crippen LogP contribution in [-0.2, 0) is 6.42 Å². The van der Waals surface area contributed by atoms with E-state index in [-0.39, 0.29) is 12.2 Å². The van der Waals surface area contributed by atoms with E-state index in [0.29, 0.717) is 32.7 Å². The number of carbonyl (C=O) groups excluding carboxylic acids is 1. The molecule has 0 aliphatic heterocycles. The van der Waals surface area contributed by atoms with Crippen molar-refractivity contribution in [2.45, 2.75) is 6.42 Å². The Morgan fingerprint density at radius 3 is 2.57 bits per heavy atom. The molecular formula is C15H13Cl2NO3. The number of halogens is 2. The summed E-state index contributed by atoms with van der Waals surface area (Å²) in [6, 6.07) is 4.87. The van der Waals surface area contributed by atoms with Gasteiger partial charge in [-0.1, -0.05) is 23.2 Å². The van der Waals surface area contributed by atoms with Crippen molar-refractivity contribution in [1.29, 1.82) is 0 Å². The van der Waals surface area contributed by atoms with Gasteiger partial charge in [-0.2, -0.15) is 0 Å². The second kappa shape index (κ2) is 6.78. The lowest BCUT2D eigenvalue weighted by molar-refractivity contribution is 0.0992. The fourth-order valence-corrected chi connectivity index (χ4v) is 2.38. The van der Waals surface area contributed by atoms with Crippen LogP contribution in [0.2, 0.25) is 10.0 Å². The molecule has 0 radical (unpaired) electrons. The average molecular weight is 326 g/mol. The van der Waals surface area contributed by atoms with Gasteiger partial charge < -0.3 is 9.47 Å². The molecule has 0 atom stereocenters. The monoisotopic (exact) mass is 325 g/mol. The molecule has 2 rings (SSSR count). The second-order valence-corrected chi connectivity index (χ2v) is 5.08. The molecule has 6 heteroatoms. The summed E-state index contributed by atoms with van der Waals surface area (Å²) in [5.41, 5.74) is 1.15. The Hall–Kier alpha value is -1.78. The Kier molecular flexibility index (Phi) is 5.04. The van der Waals surface area contributed by atoms with Crippen molar-refractivity contribution in [3.8, 4) is 11.5 Å². The highest BCUT2D eigenvalue weighted by molar-refractivity contribution is 6.33. The van der Waals surface area contributed by atoms with Gasteiger partial charge in [-0.05, 0) is 23.8 Å². The Morgan fingerprint density at radius 1 is 1.19 bits per heavy atom. The van der Waals surface area contributed by atoms with Gasteiger partial charge in [0, 0.05) is 24.4 Å². The van der Waals surface area contributed by atoms with Crippen molar-refractivity contribution in [2.75, 3.05) is 14.2 Å². The zero-order valence-corrected chi connectivity index (χ0v) is 13.0. The maximum Gasteiger partial charge on any atom is 0.179 e. The van der Waals surface area contributed by atoms with Crippen LogP contribution in [0.15, 0.2) is 30.6 Å². The average Bonchev–Trinajstić information content (AvgIpc) is 2.48. The molecule has 2 aromatic rings. The molecule has 0 saturated heterocycles. The molecule has 21 heavy (non-hydrogen) atoms. The third-order valence-corrected chi connectivity index (χ3v) is 3.58. The highest BCUT2D eigenvalue weighted by atomic mass is 35.5. The van der Waals surface area contributed by atoms with Crippen LogP contribution in [0.4, 0.5) is 0 Å². The number of nitrogens with zero attached hydrogens (tertiary/aromatic N) is 1. The quantitative estimate of drug-likeness (QED) is 0.784. The smallest absolute Gasteiger partial charge is 0.179 e. The number of carbonyl (C=O) groups is 1. The van der Waals surface area contributed by atoms with Crippen LogP contribution in [0, 0.1) is 0 Å². The molecule has 1 aromatic carbocycles. The van der Waals surface area contributed by atoms with Gasteiger partial charge >= 0.3 is 0 Å². The Bertz CT molecular complexity index is 674. The Balaban J connectivity index is 2.32. The molecule has 0 bridgehead atoms. The van der Waals surface area contributed by atoms with E-state index in [1.54, 1.807) is 24.4 Å². The first-order valence-electron chi connectivity index (χ1n) is 6.10. The maximum atomic E-state index is 12.4. The highest BCUT2D eigenvalue weighted by Crippen LogP contribution is 2.36. The third kappa shape index (κ3) is 3.46. The summed E-state index contributed by atoms with van der Waals surface area (Å²) < 4.78 is 10.3. The molecule has 0 aliphatic rings. The summed E-state index contributed by atoms with van der Waals surface area (Å²) in [5, 5.41) is 0.776. The summed E-state index contributed by atoms with van der Waals surface area (Å²) in [6.07, 6.45) is 3.26. The van der Waals surface area contributed by atoms with Crippen LogP contribution in [0.5, 0.6) is 11.5 Å². The molecule has 0 amide bonds. The Morgan fingerprint density at radius 2 is 1.95 bits per heavy atom. The van der Waals surface area contributed by atoms with Gasteiger partial charge in [0.05, 0.1) is 24.3 Å². The lowest BCUT2D eigenvalue weighted by Gasteiger charge is -2.11. The van der Waals surface area contributed by atoms with E-state index in [9.17, 15) is 4.79 Å². The van der Waals surface area contributed by atoms with E-state index >= 15 is 0 Å². The summed E-state index contributed by atoms with van der Waals surface area (Å²) in [5.74, 6) is 0.692. The minimum Gasteiger partial charge on any atom is -0.493 e. The van der Waals surface area contributed by atoms with Crippen LogP contribution < -0.4 is 9.47 Å². The molecular weight excluding hydrogens is 313 g/mol. The van der Waals surface area contributed by atoms with E-state index in [4.69, 9.17) is 32.7 Å².